The number of ether oxygens (including phenoxy) is 1. The average Bonchev–Trinajstić information content (AvgIpc) is 2.62. The molecule has 0 bridgehead atoms. The smallest absolute Gasteiger partial charge is 0.384 e. The molecule has 0 unspecified atom stereocenters. The molecule has 1 aromatic rings. The Bertz CT molecular complexity index is 422. The highest BCUT2D eigenvalue weighted by Gasteiger charge is 2.04. The first-order valence-corrected chi connectivity index (χ1v) is 4.43. The fourth-order valence-corrected chi connectivity index (χ4v) is 1.41. The summed E-state index contributed by atoms with van der Waals surface area (Å²) in [7, 11) is 1.23. The summed E-state index contributed by atoms with van der Waals surface area (Å²) < 4.78 is 4.30. The van der Waals surface area contributed by atoms with Crippen LogP contribution < -0.4 is 0 Å². The SMILES string of the molecule is COC(=O)C#Cc1cc(C(=O)O)cs1. The summed E-state index contributed by atoms with van der Waals surface area (Å²) in [5, 5.41) is 10.1. The van der Waals surface area contributed by atoms with Crippen molar-refractivity contribution in [3.63, 3.8) is 0 Å². The quantitative estimate of drug-likeness (QED) is 0.554. The van der Waals surface area contributed by atoms with Crippen molar-refractivity contribution in [3.8, 4) is 11.8 Å². The lowest BCUT2D eigenvalue weighted by Crippen LogP contribution is -1.94. The number of carboxylic acids is 1. The molecular weight excluding hydrogens is 204 g/mol. The maximum atomic E-state index is 10.6. The van der Waals surface area contributed by atoms with Gasteiger partial charge in [0, 0.05) is 11.3 Å². The van der Waals surface area contributed by atoms with Crippen LogP contribution in [0, 0.1) is 11.8 Å². The minimum Gasteiger partial charge on any atom is -0.478 e. The van der Waals surface area contributed by atoms with Crippen molar-refractivity contribution < 1.29 is 19.4 Å². The number of rotatable bonds is 1. The van der Waals surface area contributed by atoms with Gasteiger partial charge < -0.3 is 9.84 Å². The summed E-state index contributed by atoms with van der Waals surface area (Å²) in [5.74, 6) is 3.06. The third-order valence-electron chi connectivity index (χ3n) is 1.32. The number of carboxylic acid groups (broad SMARTS) is 1. The van der Waals surface area contributed by atoms with Crippen molar-refractivity contribution in [2.45, 2.75) is 0 Å². The van der Waals surface area contributed by atoms with Gasteiger partial charge in [-0.3, -0.25) is 0 Å². The first-order chi connectivity index (χ1) is 6.63. The Hall–Kier alpha value is -1.80. The average molecular weight is 210 g/mol. The lowest BCUT2D eigenvalue weighted by atomic mass is 10.3. The highest BCUT2D eigenvalue weighted by Crippen LogP contribution is 2.12. The van der Waals surface area contributed by atoms with Crippen LogP contribution in [0.4, 0.5) is 0 Å². The van der Waals surface area contributed by atoms with Crippen LogP contribution in [0.3, 0.4) is 0 Å². The van der Waals surface area contributed by atoms with E-state index in [0.29, 0.717) is 4.88 Å². The Morgan fingerprint density at radius 2 is 2.29 bits per heavy atom. The third kappa shape index (κ3) is 2.61. The fraction of sp³-hybridized carbons (Fsp3) is 0.111. The molecule has 0 aromatic carbocycles. The zero-order valence-corrected chi connectivity index (χ0v) is 8.05. The van der Waals surface area contributed by atoms with Crippen LogP contribution in [0.15, 0.2) is 11.4 Å². The monoisotopic (exact) mass is 210 g/mol. The number of hydrogen-bond donors (Lipinski definition) is 1. The van der Waals surface area contributed by atoms with Crippen molar-refractivity contribution in [2.75, 3.05) is 7.11 Å². The topological polar surface area (TPSA) is 63.6 Å². The second-order valence-corrected chi connectivity index (χ2v) is 3.16. The summed E-state index contributed by atoms with van der Waals surface area (Å²) in [6.45, 7) is 0. The third-order valence-corrected chi connectivity index (χ3v) is 2.17. The maximum absolute atomic E-state index is 10.6. The Kier molecular flexibility index (Phi) is 3.26. The summed E-state index contributed by atoms with van der Waals surface area (Å²) in [4.78, 5) is 21.6. The molecule has 0 amide bonds. The number of methoxy groups -OCH3 is 1. The van der Waals surface area contributed by atoms with Gasteiger partial charge in [0.1, 0.15) is 0 Å². The normalized spacial score (nSPS) is 8.64. The summed E-state index contributed by atoms with van der Waals surface area (Å²) in [6, 6.07) is 1.41. The summed E-state index contributed by atoms with van der Waals surface area (Å²) in [5.41, 5.74) is 0.171. The molecule has 0 aliphatic rings. The minimum atomic E-state index is -1.01. The first-order valence-electron chi connectivity index (χ1n) is 3.55. The van der Waals surface area contributed by atoms with E-state index in [9.17, 15) is 9.59 Å². The van der Waals surface area contributed by atoms with E-state index in [4.69, 9.17) is 5.11 Å². The molecule has 0 saturated carbocycles. The second kappa shape index (κ2) is 4.44. The largest absolute Gasteiger partial charge is 0.478 e. The predicted molar refractivity (Wildman–Crippen MR) is 50.2 cm³/mol. The van der Waals surface area contributed by atoms with Gasteiger partial charge in [-0.2, -0.15) is 0 Å². The van der Waals surface area contributed by atoms with Crippen LogP contribution in [-0.4, -0.2) is 24.2 Å². The molecular formula is C9H6O4S. The van der Waals surface area contributed by atoms with Gasteiger partial charge in [-0.1, -0.05) is 0 Å². The molecule has 1 heterocycles. The van der Waals surface area contributed by atoms with E-state index in [-0.39, 0.29) is 5.56 Å². The van der Waals surface area contributed by atoms with E-state index in [1.165, 1.54) is 29.9 Å². The van der Waals surface area contributed by atoms with Crippen molar-refractivity contribution in [1.82, 2.24) is 0 Å². The van der Waals surface area contributed by atoms with E-state index in [1.807, 2.05) is 0 Å². The molecule has 0 aliphatic heterocycles. The van der Waals surface area contributed by atoms with Crippen LogP contribution in [-0.2, 0) is 9.53 Å². The van der Waals surface area contributed by atoms with Gasteiger partial charge in [0.25, 0.3) is 0 Å². The Morgan fingerprint density at radius 3 is 2.79 bits per heavy atom. The first kappa shape index (κ1) is 10.3. The maximum Gasteiger partial charge on any atom is 0.384 e. The van der Waals surface area contributed by atoms with Gasteiger partial charge in [-0.15, -0.1) is 11.3 Å². The Balaban J connectivity index is 2.81. The zero-order valence-electron chi connectivity index (χ0n) is 7.23. The van der Waals surface area contributed by atoms with E-state index in [1.54, 1.807) is 0 Å². The standard InChI is InChI=1S/C9H6O4S/c1-13-8(10)3-2-7-4-6(5-14-7)9(11)12/h4-5H,1H3,(H,11,12). The van der Waals surface area contributed by atoms with Crippen molar-refractivity contribution >= 4 is 23.3 Å². The van der Waals surface area contributed by atoms with E-state index in [2.05, 4.69) is 16.6 Å². The van der Waals surface area contributed by atoms with Crippen LogP contribution in [0.25, 0.3) is 0 Å². The van der Waals surface area contributed by atoms with Crippen LogP contribution in [0.5, 0.6) is 0 Å². The fourth-order valence-electron chi connectivity index (χ4n) is 0.678. The van der Waals surface area contributed by atoms with Gasteiger partial charge >= 0.3 is 11.9 Å². The molecule has 0 saturated heterocycles. The van der Waals surface area contributed by atoms with E-state index >= 15 is 0 Å². The van der Waals surface area contributed by atoms with Crippen molar-refractivity contribution in [3.05, 3.63) is 21.9 Å². The van der Waals surface area contributed by atoms with Gasteiger partial charge in [0.15, 0.2) is 0 Å². The number of thiophene rings is 1. The molecule has 14 heavy (non-hydrogen) atoms. The van der Waals surface area contributed by atoms with Gasteiger partial charge in [0.05, 0.1) is 17.6 Å². The second-order valence-electron chi connectivity index (χ2n) is 2.25. The van der Waals surface area contributed by atoms with E-state index in [0.717, 1.165) is 0 Å². The lowest BCUT2D eigenvalue weighted by molar-refractivity contribution is -0.133. The van der Waals surface area contributed by atoms with E-state index < -0.39 is 11.9 Å². The van der Waals surface area contributed by atoms with Crippen LogP contribution in [0.2, 0.25) is 0 Å². The lowest BCUT2D eigenvalue weighted by Gasteiger charge is -1.83. The molecule has 1 N–H and O–H groups in total. The number of carbonyl (C=O) groups excluding carboxylic acids is 1. The van der Waals surface area contributed by atoms with Crippen LogP contribution in [0.1, 0.15) is 15.2 Å². The highest BCUT2D eigenvalue weighted by atomic mass is 32.1. The zero-order chi connectivity index (χ0) is 10.6. The molecule has 5 heteroatoms. The molecule has 1 rings (SSSR count). The molecule has 72 valence electrons. The van der Waals surface area contributed by atoms with Gasteiger partial charge in [0.2, 0.25) is 0 Å². The molecule has 1 aromatic heterocycles. The van der Waals surface area contributed by atoms with Gasteiger partial charge in [-0.25, -0.2) is 9.59 Å². The number of aromatic carboxylic acids is 1. The summed E-state index contributed by atoms with van der Waals surface area (Å²) >= 11 is 1.17. The molecule has 0 spiro atoms. The minimum absolute atomic E-state index is 0.171. The molecule has 4 nitrogen and oxygen atoms in total. The molecule has 0 aliphatic carbocycles. The number of hydrogen-bond acceptors (Lipinski definition) is 4. The molecule has 0 fully saturated rings. The van der Waals surface area contributed by atoms with Crippen molar-refractivity contribution in [2.24, 2.45) is 0 Å². The summed E-state index contributed by atoms with van der Waals surface area (Å²) in [6.07, 6.45) is 0. The molecule has 0 radical (unpaired) electrons. The predicted octanol–water partition coefficient (Wildman–Crippen LogP) is 0.971. The molecule has 0 atom stereocenters. The number of esters is 1. The number of carbonyl (C=O) groups is 2. The van der Waals surface area contributed by atoms with Gasteiger partial charge in [-0.05, 0) is 12.0 Å². The Morgan fingerprint density at radius 1 is 1.57 bits per heavy atom. The van der Waals surface area contributed by atoms with Crippen LogP contribution >= 0.6 is 11.3 Å². The highest BCUT2D eigenvalue weighted by molar-refractivity contribution is 7.10. The van der Waals surface area contributed by atoms with Crippen molar-refractivity contribution in [1.29, 1.82) is 0 Å². The Labute approximate surface area is 84.1 Å².